The van der Waals surface area contributed by atoms with Gasteiger partial charge in [0.05, 0.1) is 12.7 Å². The van der Waals surface area contributed by atoms with Gasteiger partial charge in [0.15, 0.2) is 23.6 Å². The van der Waals surface area contributed by atoms with Crippen molar-refractivity contribution in [3.8, 4) is 34.3 Å². The number of carbonyl (C=O) groups is 1. The molecule has 0 saturated heterocycles. The highest BCUT2D eigenvalue weighted by molar-refractivity contribution is 5.75. The van der Waals surface area contributed by atoms with Crippen LogP contribution in [0.5, 0.6) is 11.5 Å². The third-order valence-corrected chi connectivity index (χ3v) is 4.64. The summed E-state index contributed by atoms with van der Waals surface area (Å²) < 4.78 is 10.2. The van der Waals surface area contributed by atoms with E-state index in [1.165, 1.54) is 13.2 Å². The van der Waals surface area contributed by atoms with Crippen molar-refractivity contribution in [2.45, 2.75) is 40.7 Å². The molecule has 0 aliphatic carbocycles. The van der Waals surface area contributed by atoms with E-state index in [9.17, 15) is 9.90 Å². The van der Waals surface area contributed by atoms with E-state index in [0.717, 1.165) is 11.1 Å². The largest absolute Gasteiger partial charge is 0.507 e. The molecule has 0 amide bonds. The van der Waals surface area contributed by atoms with Gasteiger partial charge in [-0.3, -0.25) is 0 Å². The molecule has 0 aliphatic rings. The molecule has 3 rings (SSSR count). The standard InChI is InChI=1S/C25H25N3O4.C2H6/c1-5-10-17(6-2)22-26-23(18-11-8-7-9-12-18)28-24(27-22)20-14-13-19(15-21(20)29)32-16(3)25(30)31-4;1-2/h5-16,29H,1-4H3;1-2H3/b10-5-,17-6+;. The van der Waals surface area contributed by atoms with Gasteiger partial charge in [-0.2, -0.15) is 0 Å². The molecule has 1 heterocycles. The van der Waals surface area contributed by atoms with Crippen molar-refractivity contribution in [3.63, 3.8) is 0 Å². The molecule has 178 valence electrons. The fraction of sp³-hybridized carbons (Fsp3) is 0.259. The molecular formula is C27H31N3O4. The lowest BCUT2D eigenvalue weighted by atomic mass is 10.1. The zero-order valence-electron chi connectivity index (χ0n) is 20.4. The first kappa shape index (κ1) is 26.3. The van der Waals surface area contributed by atoms with Gasteiger partial charge in [-0.25, -0.2) is 19.7 Å². The molecule has 0 spiro atoms. The number of phenolic OH excluding ortho intramolecular Hbond substituents is 1. The monoisotopic (exact) mass is 461 g/mol. The summed E-state index contributed by atoms with van der Waals surface area (Å²) in [4.78, 5) is 25.4. The Morgan fingerprint density at radius 2 is 1.68 bits per heavy atom. The Morgan fingerprint density at radius 1 is 1.00 bits per heavy atom. The SMILES string of the molecule is C/C=C\C(=C/C)c1nc(-c2ccccc2)nc(-c2ccc(OC(C)C(=O)OC)cc2O)n1.CC. The summed E-state index contributed by atoms with van der Waals surface area (Å²) in [6, 6.07) is 14.3. The molecule has 1 N–H and O–H groups in total. The van der Waals surface area contributed by atoms with Gasteiger partial charge < -0.3 is 14.6 Å². The molecule has 7 nitrogen and oxygen atoms in total. The van der Waals surface area contributed by atoms with E-state index in [2.05, 4.69) is 19.7 Å². The molecule has 7 heteroatoms. The molecule has 1 aromatic heterocycles. The second-order valence-electron chi connectivity index (χ2n) is 6.88. The van der Waals surface area contributed by atoms with Crippen LogP contribution in [0.3, 0.4) is 0 Å². The highest BCUT2D eigenvalue weighted by Gasteiger charge is 2.18. The average molecular weight is 462 g/mol. The number of nitrogens with zero attached hydrogens (tertiary/aromatic N) is 3. The first-order valence-corrected chi connectivity index (χ1v) is 11.2. The summed E-state index contributed by atoms with van der Waals surface area (Å²) in [7, 11) is 1.29. The van der Waals surface area contributed by atoms with E-state index in [4.69, 9.17) is 4.74 Å². The van der Waals surface area contributed by atoms with Crippen LogP contribution in [-0.2, 0) is 9.53 Å². The molecule has 0 radical (unpaired) electrons. The minimum atomic E-state index is -0.809. The zero-order chi connectivity index (χ0) is 25.1. The number of allylic oxidation sites excluding steroid dienone is 4. The van der Waals surface area contributed by atoms with Gasteiger partial charge in [0.2, 0.25) is 0 Å². The van der Waals surface area contributed by atoms with Crippen LogP contribution < -0.4 is 4.74 Å². The lowest BCUT2D eigenvalue weighted by Crippen LogP contribution is -2.24. The summed E-state index contributed by atoms with van der Waals surface area (Å²) in [5.74, 6) is 1.05. The van der Waals surface area contributed by atoms with E-state index < -0.39 is 12.1 Å². The Morgan fingerprint density at radius 3 is 2.26 bits per heavy atom. The predicted octanol–water partition coefficient (Wildman–Crippen LogP) is 5.86. The molecule has 0 bridgehead atoms. The number of rotatable bonds is 7. The molecule has 1 unspecified atom stereocenters. The first-order valence-electron chi connectivity index (χ1n) is 11.2. The van der Waals surface area contributed by atoms with Crippen LogP contribution >= 0.6 is 0 Å². The predicted molar refractivity (Wildman–Crippen MR) is 134 cm³/mol. The highest BCUT2D eigenvalue weighted by atomic mass is 16.6. The fourth-order valence-corrected chi connectivity index (χ4v) is 3.01. The van der Waals surface area contributed by atoms with Crippen LogP contribution in [0.4, 0.5) is 0 Å². The van der Waals surface area contributed by atoms with Gasteiger partial charge in [0, 0.05) is 17.2 Å². The van der Waals surface area contributed by atoms with Crippen LogP contribution in [0.2, 0.25) is 0 Å². The number of aromatic nitrogens is 3. The number of carbonyl (C=O) groups excluding carboxylic acids is 1. The van der Waals surface area contributed by atoms with Gasteiger partial charge >= 0.3 is 5.97 Å². The lowest BCUT2D eigenvalue weighted by Gasteiger charge is -2.14. The number of aromatic hydroxyl groups is 1. The number of hydrogen-bond acceptors (Lipinski definition) is 7. The van der Waals surface area contributed by atoms with Crippen molar-refractivity contribution in [1.29, 1.82) is 0 Å². The molecule has 1 atom stereocenters. The van der Waals surface area contributed by atoms with Crippen LogP contribution in [0.25, 0.3) is 28.3 Å². The molecular weight excluding hydrogens is 430 g/mol. The third kappa shape index (κ3) is 6.51. The van der Waals surface area contributed by atoms with Crippen molar-refractivity contribution < 1.29 is 19.4 Å². The van der Waals surface area contributed by atoms with Crippen molar-refractivity contribution in [2.24, 2.45) is 0 Å². The fourth-order valence-electron chi connectivity index (χ4n) is 3.01. The van der Waals surface area contributed by atoms with Gasteiger partial charge in [-0.05, 0) is 32.9 Å². The zero-order valence-corrected chi connectivity index (χ0v) is 20.4. The first-order chi connectivity index (χ1) is 16.5. The number of methoxy groups -OCH3 is 1. The number of benzene rings is 2. The molecule has 34 heavy (non-hydrogen) atoms. The average Bonchev–Trinajstić information content (AvgIpc) is 2.88. The maximum atomic E-state index is 11.6. The number of hydrogen-bond donors (Lipinski definition) is 1. The topological polar surface area (TPSA) is 94.4 Å². The van der Waals surface area contributed by atoms with E-state index >= 15 is 0 Å². The second kappa shape index (κ2) is 12.9. The van der Waals surface area contributed by atoms with E-state index in [-0.39, 0.29) is 5.75 Å². The van der Waals surface area contributed by atoms with Crippen molar-refractivity contribution >= 4 is 11.5 Å². The Balaban J connectivity index is 0.00000199. The minimum absolute atomic E-state index is 0.0798. The van der Waals surface area contributed by atoms with Crippen molar-refractivity contribution in [3.05, 3.63) is 72.6 Å². The summed E-state index contributed by atoms with van der Waals surface area (Å²) >= 11 is 0. The second-order valence-corrected chi connectivity index (χ2v) is 6.88. The van der Waals surface area contributed by atoms with Crippen LogP contribution in [0.1, 0.15) is 40.4 Å². The van der Waals surface area contributed by atoms with Crippen molar-refractivity contribution in [2.75, 3.05) is 7.11 Å². The van der Waals surface area contributed by atoms with Gasteiger partial charge in [0.25, 0.3) is 0 Å². The van der Waals surface area contributed by atoms with E-state index in [1.54, 1.807) is 19.1 Å². The van der Waals surface area contributed by atoms with Gasteiger partial charge in [-0.1, -0.05) is 62.4 Å². The lowest BCUT2D eigenvalue weighted by molar-refractivity contribution is -0.147. The number of phenols is 1. The van der Waals surface area contributed by atoms with Gasteiger partial charge in [-0.15, -0.1) is 0 Å². The van der Waals surface area contributed by atoms with Crippen LogP contribution in [-0.4, -0.2) is 39.2 Å². The summed E-state index contributed by atoms with van der Waals surface area (Å²) in [5.41, 5.74) is 2.08. The Hall–Kier alpha value is -4.00. The number of ether oxygens (including phenoxy) is 2. The maximum absolute atomic E-state index is 11.6. The smallest absolute Gasteiger partial charge is 0.346 e. The van der Waals surface area contributed by atoms with Crippen molar-refractivity contribution in [1.82, 2.24) is 15.0 Å². The van der Waals surface area contributed by atoms with E-state index in [1.807, 2.05) is 76.3 Å². The molecule has 3 aromatic rings. The quantitative estimate of drug-likeness (QED) is 0.348. The number of esters is 1. The minimum Gasteiger partial charge on any atom is -0.507 e. The summed E-state index contributed by atoms with van der Waals surface area (Å²) in [6.07, 6.45) is 4.93. The highest BCUT2D eigenvalue weighted by Crippen LogP contribution is 2.32. The molecule has 0 aliphatic heterocycles. The van der Waals surface area contributed by atoms with Gasteiger partial charge in [0.1, 0.15) is 11.5 Å². The molecule has 2 aromatic carbocycles. The van der Waals surface area contributed by atoms with Crippen LogP contribution in [0.15, 0.2) is 66.8 Å². The van der Waals surface area contributed by atoms with E-state index in [0.29, 0.717) is 28.8 Å². The summed E-state index contributed by atoms with van der Waals surface area (Å²) in [6.45, 7) is 9.40. The third-order valence-electron chi connectivity index (χ3n) is 4.64. The Kier molecular flexibility index (Phi) is 9.95. The summed E-state index contributed by atoms with van der Waals surface area (Å²) in [5, 5.41) is 10.7. The normalized spacial score (nSPS) is 12.0. The maximum Gasteiger partial charge on any atom is 0.346 e. The molecule has 0 saturated carbocycles. The molecule has 0 fully saturated rings. The van der Waals surface area contributed by atoms with Crippen LogP contribution in [0, 0.1) is 0 Å². The Labute approximate surface area is 200 Å². The Bertz CT molecular complexity index is 1160.